The Morgan fingerprint density at radius 3 is 2.36 bits per heavy atom. The maximum absolute atomic E-state index is 12.7. The fourth-order valence-corrected chi connectivity index (χ4v) is 4.75. The van der Waals surface area contributed by atoms with Gasteiger partial charge in [0.15, 0.2) is 5.78 Å². The molecule has 9 heteroatoms. The molecule has 0 aliphatic carbocycles. The van der Waals surface area contributed by atoms with E-state index in [1.54, 1.807) is 11.0 Å². The van der Waals surface area contributed by atoms with E-state index in [0.717, 1.165) is 30.2 Å². The van der Waals surface area contributed by atoms with Crippen molar-refractivity contribution < 1.29 is 9.59 Å². The fraction of sp³-hybridized carbons (Fsp3) is 0.421. The van der Waals surface area contributed by atoms with Gasteiger partial charge in [-0.3, -0.25) is 9.69 Å². The Bertz CT molecular complexity index is 931. The van der Waals surface area contributed by atoms with Crippen molar-refractivity contribution >= 4 is 46.6 Å². The van der Waals surface area contributed by atoms with Gasteiger partial charge in [-0.25, -0.2) is 4.79 Å². The summed E-state index contributed by atoms with van der Waals surface area (Å²) in [5, 5.41) is 5.64. The minimum absolute atomic E-state index is 0.124. The monoisotopic (exact) mass is 440 g/mol. The van der Waals surface area contributed by atoms with E-state index in [0.29, 0.717) is 29.9 Å². The highest BCUT2D eigenvalue weighted by molar-refractivity contribution is 6.34. The molecule has 1 amide bonds. The number of nitrogens with zero attached hydrogens (tertiary/aromatic N) is 4. The van der Waals surface area contributed by atoms with E-state index in [1.165, 1.54) is 17.8 Å². The fourth-order valence-electron chi connectivity index (χ4n) is 4.12. The van der Waals surface area contributed by atoms with Gasteiger partial charge in [0.2, 0.25) is 0 Å². The standard InChI is InChI=1S/C19H19Cl3N4O2/c1-11(27)18-17(22)10-26(23-18)19(28)25-8-13-6-24(7-14(13)9-25)5-12-4-15(20)2-3-16(12)21/h2-4,10,13-14H,5-9H2,1H3. The van der Waals surface area contributed by atoms with Gasteiger partial charge in [-0.15, -0.1) is 0 Å². The van der Waals surface area contributed by atoms with Crippen molar-refractivity contribution in [2.24, 2.45) is 11.8 Å². The average Bonchev–Trinajstić information content (AvgIpc) is 3.30. The van der Waals surface area contributed by atoms with Gasteiger partial charge in [0.05, 0.1) is 11.2 Å². The summed E-state index contributed by atoms with van der Waals surface area (Å²) in [6, 6.07) is 5.27. The van der Waals surface area contributed by atoms with Crippen LogP contribution in [-0.4, -0.2) is 57.6 Å². The van der Waals surface area contributed by atoms with Gasteiger partial charge in [0, 0.05) is 49.7 Å². The Morgan fingerprint density at radius 1 is 1.07 bits per heavy atom. The van der Waals surface area contributed by atoms with E-state index in [-0.39, 0.29) is 22.5 Å². The zero-order chi connectivity index (χ0) is 20.0. The molecule has 2 aliphatic heterocycles. The van der Waals surface area contributed by atoms with Crippen LogP contribution in [0.15, 0.2) is 24.4 Å². The molecule has 2 aliphatic rings. The van der Waals surface area contributed by atoms with Crippen LogP contribution in [0, 0.1) is 11.8 Å². The lowest BCUT2D eigenvalue weighted by Gasteiger charge is -2.21. The molecule has 6 nitrogen and oxygen atoms in total. The van der Waals surface area contributed by atoms with Crippen LogP contribution in [0.5, 0.6) is 0 Å². The predicted molar refractivity (Wildman–Crippen MR) is 108 cm³/mol. The van der Waals surface area contributed by atoms with Crippen LogP contribution >= 0.6 is 34.8 Å². The van der Waals surface area contributed by atoms with Gasteiger partial charge >= 0.3 is 6.03 Å². The second kappa shape index (κ2) is 7.67. The predicted octanol–water partition coefficient (Wildman–Crippen LogP) is 4.08. The summed E-state index contributed by atoms with van der Waals surface area (Å²) >= 11 is 18.4. The van der Waals surface area contributed by atoms with Crippen LogP contribution in [-0.2, 0) is 6.54 Å². The molecule has 148 valence electrons. The van der Waals surface area contributed by atoms with E-state index >= 15 is 0 Å². The summed E-state index contributed by atoms with van der Waals surface area (Å²) in [4.78, 5) is 28.4. The summed E-state index contributed by atoms with van der Waals surface area (Å²) in [7, 11) is 0. The lowest BCUT2D eigenvalue weighted by molar-refractivity contribution is 0.101. The Labute approximate surface area is 177 Å². The lowest BCUT2D eigenvalue weighted by atomic mass is 10.0. The number of carbonyl (C=O) groups excluding carboxylic acids is 2. The van der Waals surface area contributed by atoms with Gasteiger partial charge < -0.3 is 4.90 Å². The van der Waals surface area contributed by atoms with Gasteiger partial charge in [0.1, 0.15) is 5.69 Å². The topological polar surface area (TPSA) is 58.4 Å². The second-order valence-electron chi connectivity index (χ2n) is 7.46. The highest BCUT2D eigenvalue weighted by Crippen LogP contribution is 2.33. The highest BCUT2D eigenvalue weighted by atomic mass is 35.5. The molecule has 0 spiro atoms. The Kier molecular flexibility index (Phi) is 5.40. The number of rotatable bonds is 3. The maximum Gasteiger partial charge on any atom is 0.344 e. The van der Waals surface area contributed by atoms with Gasteiger partial charge in [0.25, 0.3) is 0 Å². The molecule has 0 N–H and O–H groups in total. The minimum Gasteiger partial charge on any atom is -0.322 e. The van der Waals surface area contributed by atoms with E-state index < -0.39 is 0 Å². The third-order valence-corrected chi connectivity index (χ3v) is 6.31. The molecule has 2 fully saturated rings. The number of hydrogen-bond acceptors (Lipinski definition) is 4. The van der Waals surface area contributed by atoms with Crippen molar-refractivity contribution in [2.45, 2.75) is 13.5 Å². The number of likely N-dealkylation sites (tertiary alicyclic amines) is 2. The zero-order valence-electron chi connectivity index (χ0n) is 15.2. The first kappa shape index (κ1) is 19.7. The van der Waals surface area contributed by atoms with E-state index in [1.807, 2.05) is 12.1 Å². The van der Waals surface area contributed by atoms with Crippen LogP contribution in [0.4, 0.5) is 4.79 Å². The summed E-state index contributed by atoms with van der Waals surface area (Å²) in [5.74, 6) is 0.547. The first-order chi connectivity index (χ1) is 13.3. The van der Waals surface area contributed by atoms with Crippen molar-refractivity contribution in [3.05, 3.63) is 50.7 Å². The summed E-state index contributed by atoms with van der Waals surface area (Å²) < 4.78 is 1.17. The molecule has 1 aromatic heterocycles. The van der Waals surface area contributed by atoms with Gasteiger partial charge in [-0.2, -0.15) is 9.78 Å². The third-order valence-electron chi connectivity index (χ3n) is 5.43. The number of benzene rings is 1. The molecule has 3 heterocycles. The lowest BCUT2D eigenvalue weighted by Crippen LogP contribution is -2.36. The van der Waals surface area contributed by atoms with Crippen LogP contribution in [0.25, 0.3) is 0 Å². The summed E-state index contributed by atoms with van der Waals surface area (Å²) in [6.07, 6.45) is 1.40. The molecule has 2 atom stereocenters. The molecule has 28 heavy (non-hydrogen) atoms. The van der Waals surface area contributed by atoms with Crippen molar-refractivity contribution in [3.63, 3.8) is 0 Å². The van der Waals surface area contributed by atoms with E-state index in [4.69, 9.17) is 34.8 Å². The normalized spacial score (nSPS) is 21.9. The number of Topliss-reactive ketones (excluding diaryl/α,β-unsaturated/α-hetero) is 1. The second-order valence-corrected chi connectivity index (χ2v) is 8.71. The zero-order valence-corrected chi connectivity index (χ0v) is 17.5. The molecule has 0 bridgehead atoms. The number of hydrogen-bond donors (Lipinski definition) is 0. The van der Waals surface area contributed by atoms with Crippen molar-refractivity contribution in [2.75, 3.05) is 26.2 Å². The average molecular weight is 442 g/mol. The minimum atomic E-state index is -0.259. The molecule has 2 saturated heterocycles. The quantitative estimate of drug-likeness (QED) is 0.674. The number of aromatic nitrogens is 2. The molecule has 0 saturated carbocycles. The largest absolute Gasteiger partial charge is 0.344 e. The summed E-state index contributed by atoms with van der Waals surface area (Å²) in [6.45, 7) is 5.25. The molecular formula is C19H19Cl3N4O2. The van der Waals surface area contributed by atoms with Crippen LogP contribution in [0.3, 0.4) is 0 Å². The van der Waals surface area contributed by atoms with E-state index in [2.05, 4.69) is 10.00 Å². The molecule has 1 aromatic carbocycles. The number of carbonyl (C=O) groups is 2. The maximum atomic E-state index is 12.7. The van der Waals surface area contributed by atoms with E-state index in [9.17, 15) is 9.59 Å². The SMILES string of the molecule is CC(=O)c1nn(C(=O)N2CC3CN(Cc4cc(Cl)ccc4Cl)CC3C2)cc1Cl. The van der Waals surface area contributed by atoms with Crippen molar-refractivity contribution in [3.8, 4) is 0 Å². The smallest absolute Gasteiger partial charge is 0.322 e. The number of fused-ring (bicyclic) bond motifs is 1. The third kappa shape index (κ3) is 3.79. The molecule has 2 aromatic rings. The van der Waals surface area contributed by atoms with Crippen molar-refractivity contribution in [1.29, 1.82) is 0 Å². The molecule has 4 rings (SSSR count). The molecule has 0 radical (unpaired) electrons. The summed E-state index contributed by atoms with van der Waals surface area (Å²) in [5.41, 5.74) is 1.14. The number of amides is 1. The first-order valence-electron chi connectivity index (χ1n) is 9.03. The number of halogens is 3. The highest BCUT2D eigenvalue weighted by Gasteiger charge is 2.42. The Morgan fingerprint density at radius 2 is 1.75 bits per heavy atom. The van der Waals surface area contributed by atoms with Gasteiger partial charge in [-0.1, -0.05) is 34.8 Å². The van der Waals surface area contributed by atoms with Crippen LogP contribution in [0.1, 0.15) is 23.0 Å². The molecule has 2 unspecified atom stereocenters. The first-order valence-corrected chi connectivity index (χ1v) is 10.2. The van der Waals surface area contributed by atoms with Crippen molar-refractivity contribution in [1.82, 2.24) is 19.6 Å². The Hall–Kier alpha value is -1.60. The number of ketones is 1. The van der Waals surface area contributed by atoms with Crippen LogP contribution < -0.4 is 0 Å². The van der Waals surface area contributed by atoms with Gasteiger partial charge in [-0.05, 0) is 35.6 Å². The molecular weight excluding hydrogens is 423 g/mol. The Balaban J connectivity index is 1.39. The van der Waals surface area contributed by atoms with Crippen LogP contribution in [0.2, 0.25) is 15.1 Å².